The predicted molar refractivity (Wildman–Crippen MR) is 170 cm³/mol. The van der Waals surface area contributed by atoms with Crippen molar-refractivity contribution < 1.29 is 19.1 Å². The van der Waals surface area contributed by atoms with Gasteiger partial charge in [0.1, 0.15) is 17.7 Å². The Hall–Kier alpha value is -3.00. The smallest absolute Gasteiger partial charge is 0.408 e. The molecule has 0 bridgehead atoms. The highest BCUT2D eigenvalue weighted by Gasteiger charge is 2.36. The maximum absolute atomic E-state index is 14.3. The molecule has 0 saturated carbocycles. The van der Waals surface area contributed by atoms with E-state index in [-0.39, 0.29) is 11.8 Å². The molecule has 8 heteroatoms. The lowest BCUT2D eigenvalue weighted by Gasteiger charge is -2.35. The molecule has 0 radical (unpaired) electrons. The fourth-order valence-corrected chi connectivity index (χ4v) is 5.18. The van der Waals surface area contributed by atoms with E-state index in [0.717, 1.165) is 54.5 Å². The van der Waals surface area contributed by atoms with Crippen molar-refractivity contribution in [3.8, 4) is 0 Å². The van der Waals surface area contributed by atoms with Crippen molar-refractivity contribution in [3.05, 3.63) is 65.2 Å². The average molecular weight is 584 g/mol. The maximum atomic E-state index is 14.3. The van der Waals surface area contributed by atoms with Crippen LogP contribution in [0.3, 0.4) is 0 Å². The molecule has 0 saturated heterocycles. The summed E-state index contributed by atoms with van der Waals surface area (Å²) in [4.78, 5) is 42.9. The number of nitrogens with zero attached hydrogens (tertiary/aromatic N) is 1. The zero-order valence-electron chi connectivity index (χ0n) is 25.9. The number of aryl methyl sites for hydroxylation is 2. The number of alkyl carbamates (subject to hydrolysis) is 1. The third-order valence-corrected chi connectivity index (χ3v) is 7.43. The van der Waals surface area contributed by atoms with E-state index in [4.69, 9.17) is 4.74 Å². The van der Waals surface area contributed by atoms with E-state index < -0.39 is 23.8 Å². The molecule has 0 aliphatic rings. The SMILES string of the molecule is CCCCCCCN(C(=O)C(CCSC)NC(=O)OC(C)(C)C)C(C(=O)Nc1c(C)cccc1C)c1ccccc1. The van der Waals surface area contributed by atoms with Crippen molar-refractivity contribution in [1.82, 2.24) is 10.2 Å². The number of rotatable bonds is 15. The number of unbranched alkanes of at least 4 members (excludes halogenated alkanes) is 4. The molecule has 0 aromatic heterocycles. The highest BCUT2D eigenvalue weighted by molar-refractivity contribution is 7.98. The number of ether oxygens (including phenoxy) is 1. The molecule has 7 nitrogen and oxygen atoms in total. The maximum Gasteiger partial charge on any atom is 0.408 e. The van der Waals surface area contributed by atoms with Gasteiger partial charge in [-0.15, -0.1) is 0 Å². The number of anilines is 1. The van der Waals surface area contributed by atoms with Gasteiger partial charge < -0.3 is 20.3 Å². The lowest BCUT2D eigenvalue weighted by Crippen LogP contribution is -2.52. The summed E-state index contributed by atoms with van der Waals surface area (Å²) in [6.45, 7) is 11.8. The predicted octanol–water partition coefficient (Wildman–Crippen LogP) is 7.43. The summed E-state index contributed by atoms with van der Waals surface area (Å²) in [7, 11) is 0. The van der Waals surface area contributed by atoms with Gasteiger partial charge in [0.15, 0.2) is 0 Å². The van der Waals surface area contributed by atoms with Crippen LogP contribution < -0.4 is 10.6 Å². The van der Waals surface area contributed by atoms with Crippen LogP contribution in [0.25, 0.3) is 0 Å². The first-order valence-electron chi connectivity index (χ1n) is 14.7. The van der Waals surface area contributed by atoms with Gasteiger partial charge in [-0.25, -0.2) is 4.79 Å². The van der Waals surface area contributed by atoms with Crippen LogP contribution >= 0.6 is 11.8 Å². The van der Waals surface area contributed by atoms with Crippen LogP contribution in [0.15, 0.2) is 48.5 Å². The molecule has 0 fully saturated rings. The molecular formula is C33H49N3O4S. The molecule has 41 heavy (non-hydrogen) atoms. The molecular weight excluding hydrogens is 534 g/mol. The van der Waals surface area contributed by atoms with Crippen LogP contribution in [0, 0.1) is 13.8 Å². The topological polar surface area (TPSA) is 87.7 Å². The van der Waals surface area contributed by atoms with Gasteiger partial charge in [-0.05, 0) is 76.2 Å². The minimum Gasteiger partial charge on any atom is -0.444 e. The minimum absolute atomic E-state index is 0.281. The second kappa shape index (κ2) is 17.1. The first-order valence-corrected chi connectivity index (χ1v) is 16.1. The van der Waals surface area contributed by atoms with E-state index in [2.05, 4.69) is 17.6 Å². The highest BCUT2D eigenvalue weighted by atomic mass is 32.2. The molecule has 226 valence electrons. The quantitative estimate of drug-likeness (QED) is 0.213. The number of hydrogen-bond donors (Lipinski definition) is 2. The number of carbonyl (C=O) groups is 3. The van der Waals surface area contributed by atoms with Crippen molar-refractivity contribution >= 4 is 35.4 Å². The van der Waals surface area contributed by atoms with Crippen LogP contribution in [0.2, 0.25) is 0 Å². The molecule has 3 amide bonds. The fourth-order valence-electron chi connectivity index (χ4n) is 4.71. The van der Waals surface area contributed by atoms with Gasteiger partial charge in [-0.2, -0.15) is 11.8 Å². The van der Waals surface area contributed by atoms with Gasteiger partial charge in [0.05, 0.1) is 0 Å². The van der Waals surface area contributed by atoms with E-state index in [1.54, 1.807) is 37.4 Å². The summed E-state index contributed by atoms with van der Waals surface area (Å²) < 4.78 is 5.49. The van der Waals surface area contributed by atoms with Gasteiger partial charge in [0.2, 0.25) is 5.91 Å². The Kier molecular flexibility index (Phi) is 14.2. The van der Waals surface area contributed by atoms with Crippen molar-refractivity contribution in [2.45, 2.75) is 97.8 Å². The summed E-state index contributed by atoms with van der Waals surface area (Å²) in [5.41, 5.74) is 2.67. The van der Waals surface area contributed by atoms with Crippen LogP contribution in [0.5, 0.6) is 0 Å². The first-order chi connectivity index (χ1) is 19.5. The molecule has 2 rings (SSSR count). The minimum atomic E-state index is -0.869. The van der Waals surface area contributed by atoms with Crippen molar-refractivity contribution in [2.24, 2.45) is 0 Å². The second-order valence-electron chi connectivity index (χ2n) is 11.5. The molecule has 2 aromatic rings. The Morgan fingerprint density at radius 1 is 0.927 bits per heavy atom. The number of para-hydroxylation sites is 1. The Balaban J connectivity index is 2.51. The lowest BCUT2D eigenvalue weighted by molar-refractivity contribution is -0.141. The molecule has 0 aliphatic heterocycles. The van der Waals surface area contributed by atoms with E-state index >= 15 is 0 Å². The molecule has 2 N–H and O–H groups in total. The van der Waals surface area contributed by atoms with Crippen LogP contribution in [0.4, 0.5) is 10.5 Å². The summed E-state index contributed by atoms with van der Waals surface area (Å²) in [6, 6.07) is 13.6. The number of hydrogen-bond acceptors (Lipinski definition) is 5. The molecule has 2 aromatic carbocycles. The van der Waals surface area contributed by atoms with Gasteiger partial charge >= 0.3 is 6.09 Å². The standard InChI is InChI=1S/C33H49N3O4S/c1-8-9-10-11-15-22-36(31(38)27(21-23-41-7)34-32(39)40-33(4,5)6)29(26-19-13-12-14-20-26)30(37)35-28-24(2)17-16-18-25(28)3/h12-14,16-20,27,29H,8-11,15,21-23H2,1-7H3,(H,34,39)(H,35,37). The summed E-state index contributed by atoms with van der Waals surface area (Å²) in [5, 5.41) is 5.94. The van der Waals surface area contributed by atoms with Gasteiger partial charge in [0.25, 0.3) is 5.91 Å². The van der Waals surface area contributed by atoms with Crippen molar-refractivity contribution in [2.75, 3.05) is 23.9 Å². The lowest BCUT2D eigenvalue weighted by atomic mass is 10.0. The van der Waals surface area contributed by atoms with E-state index in [1.807, 2.05) is 68.6 Å². The number of nitrogens with one attached hydrogen (secondary N) is 2. The van der Waals surface area contributed by atoms with Gasteiger partial charge in [0, 0.05) is 12.2 Å². The first kappa shape index (κ1) is 34.2. The highest BCUT2D eigenvalue weighted by Crippen LogP contribution is 2.28. The van der Waals surface area contributed by atoms with Crippen LogP contribution in [-0.4, -0.2) is 53.0 Å². The number of amides is 3. The number of thioether (sulfide) groups is 1. The Morgan fingerprint density at radius 3 is 2.15 bits per heavy atom. The molecule has 0 heterocycles. The summed E-state index contributed by atoms with van der Waals surface area (Å²) >= 11 is 1.60. The summed E-state index contributed by atoms with van der Waals surface area (Å²) in [6.07, 6.45) is 6.76. The van der Waals surface area contributed by atoms with Gasteiger partial charge in [-0.1, -0.05) is 81.1 Å². The monoisotopic (exact) mass is 583 g/mol. The van der Waals surface area contributed by atoms with Crippen LogP contribution in [0.1, 0.15) is 89.0 Å². The summed E-state index contributed by atoms with van der Waals surface area (Å²) in [5.74, 6) is 0.100. The Bertz CT molecular complexity index is 1100. The number of benzene rings is 2. The molecule has 0 aliphatic carbocycles. The average Bonchev–Trinajstić information content (AvgIpc) is 2.91. The van der Waals surface area contributed by atoms with Crippen LogP contribution in [-0.2, 0) is 14.3 Å². The Morgan fingerprint density at radius 2 is 1.56 bits per heavy atom. The van der Waals surface area contributed by atoms with Gasteiger partial charge in [-0.3, -0.25) is 9.59 Å². The van der Waals surface area contributed by atoms with Crippen molar-refractivity contribution in [3.63, 3.8) is 0 Å². The van der Waals surface area contributed by atoms with Crippen molar-refractivity contribution in [1.29, 1.82) is 0 Å². The zero-order valence-corrected chi connectivity index (χ0v) is 26.7. The zero-order chi connectivity index (χ0) is 30.4. The largest absolute Gasteiger partial charge is 0.444 e. The molecule has 2 atom stereocenters. The molecule has 2 unspecified atom stereocenters. The third kappa shape index (κ3) is 11.4. The normalized spacial score (nSPS) is 12.8. The number of carbonyl (C=O) groups excluding carboxylic acids is 3. The van der Waals surface area contributed by atoms with E-state index in [0.29, 0.717) is 18.7 Å². The van der Waals surface area contributed by atoms with E-state index in [9.17, 15) is 14.4 Å². The second-order valence-corrected chi connectivity index (χ2v) is 12.5. The third-order valence-electron chi connectivity index (χ3n) is 6.79. The fraction of sp³-hybridized carbons (Fsp3) is 0.545. The molecule has 0 spiro atoms. The van der Waals surface area contributed by atoms with E-state index in [1.165, 1.54) is 0 Å². The Labute approximate surface area is 251 Å².